The molecule has 1 heterocycles. The Labute approximate surface area is 90.8 Å². The van der Waals surface area contributed by atoms with Gasteiger partial charge >= 0.3 is 7.60 Å². The normalized spacial score (nSPS) is 24.1. The second-order valence-corrected chi connectivity index (χ2v) is 6.08. The Morgan fingerprint density at radius 1 is 1.40 bits per heavy atom. The fourth-order valence-corrected chi connectivity index (χ4v) is 3.76. The molecule has 1 N–H and O–H groups in total. The van der Waals surface area contributed by atoms with Gasteiger partial charge in [-0.25, -0.2) is 0 Å². The molecule has 1 aliphatic heterocycles. The Balaban J connectivity index is 2.89. The Morgan fingerprint density at radius 2 is 1.93 bits per heavy atom. The number of hydrazone groups is 1. The lowest BCUT2D eigenvalue weighted by atomic mass is 10.0. The molecule has 1 aliphatic rings. The molecule has 1 atom stereocenters. The number of nitrogens with one attached hydrogen (secondary N) is 1. The van der Waals surface area contributed by atoms with E-state index in [1.54, 1.807) is 20.1 Å². The highest BCUT2D eigenvalue weighted by Crippen LogP contribution is 2.56. The molecule has 0 bridgehead atoms. The van der Waals surface area contributed by atoms with Crippen LogP contribution in [0.1, 0.15) is 27.7 Å². The van der Waals surface area contributed by atoms with E-state index in [4.69, 9.17) is 9.05 Å². The van der Waals surface area contributed by atoms with Crippen molar-refractivity contribution in [2.24, 2.45) is 5.10 Å². The van der Waals surface area contributed by atoms with E-state index in [1.807, 2.05) is 13.8 Å². The molecule has 1 rings (SSSR count). The summed E-state index contributed by atoms with van der Waals surface area (Å²) in [6, 6.07) is 0. The lowest BCUT2D eigenvalue weighted by Crippen LogP contribution is -2.43. The van der Waals surface area contributed by atoms with Crippen LogP contribution in [0.4, 0.5) is 0 Å². The van der Waals surface area contributed by atoms with Crippen LogP contribution in [0.2, 0.25) is 0 Å². The Hall–Kier alpha value is -0.380. The molecule has 0 amide bonds. The van der Waals surface area contributed by atoms with E-state index in [0.29, 0.717) is 13.2 Å². The van der Waals surface area contributed by atoms with Gasteiger partial charge in [-0.2, -0.15) is 5.10 Å². The lowest BCUT2D eigenvalue weighted by Gasteiger charge is -2.30. The molecule has 88 valence electrons. The number of hydrogen-bond donors (Lipinski definition) is 1. The third kappa shape index (κ3) is 2.60. The molecule has 1 unspecified atom stereocenters. The maximum absolute atomic E-state index is 12.5. The first-order valence-electron chi connectivity index (χ1n) is 5.15. The highest BCUT2D eigenvalue weighted by molar-refractivity contribution is 7.55. The van der Waals surface area contributed by atoms with Crippen LogP contribution in [0.25, 0.3) is 0 Å². The van der Waals surface area contributed by atoms with Crippen molar-refractivity contribution in [3.05, 3.63) is 0 Å². The Morgan fingerprint density at radius 3 is 2.27 bits per heavy atom. The summed E-state index contributed by atoms with van der Waals surface area (Å²) in [7, 11) is -3.10. The van der Waals surface area contributed by atoms with Crippen LogP contribution in [-0.4, -0.2) is 30.6 Å². The smallest absolute Gasteiger partial charge is 0.308 e. The van der Waals surface area contributed by atoms with Gasteiger partial charge in [0.2, 0.25) is 0 Å². The molecule has 0 aromatic carbocycles. The van der Waals surface area contributed by atoms with Gasteiger partial charge in [0, 0.05) is 6.21 Å². The summed E-state index contributed by atoms with van der Waals surface area (Å²) in [6.07, 6.45) is 1.62. The molecule has 0 aromatic heterocycles. The van der Waals surface area contributed by atoms with Crippen molar-refractivity contribution in [3.8, 4) is 0 Å². The molecule has 0 aromatic rings. The molecule has 0 saturated heterocycles. The van der Waals surface area contributed by atoms with Crippen molar-refractivity contribution < 1.29 is 13.6 Å². The minimum Gasteiger partial charge on any atom is -0.308 e. The fraction of sp³-hybridized carbons (Fsp3) is 0.889. The van der Waals surface area contributed by atoms with Gasteiger partial charge < -0.3 is 14.5 Å². The molecule has 6 heteroatoms. The van der Waals surface area contributed by atoms with Crippen molar-refractivity contribution in [1.82, 2.24) is 5.43 Å². The molecule has 0 radical (unpaired) electrons. The van der Waals surface area contributed by atoms with Crippen molar-refractivity contribution in [2.45, 2.75) is 38.9 Å². The first kappa shape index (κ1) is 12.7. The van der Waals surface area contributed by atoms with Gasteiger partial charge in [-0.05, 0) is 27.7 Å². The van der Waals surface area contributed by atoms with E-state index in [-0.39, 0.29) is 11.2 Å². The van der Waals surface area contributed by atoms with Crippen LogP contribution in [0, 0.1) is 0 Å². The zero-order valence-electron chi connectivity index (χ0n) is 9.69. The molecule has 5 nitrogen and oxygen atoms in total. The van der Waals surface area contributed by atoms with Crippen LogP contribution in [0.15, 0.2) is 5.10 Å². The second-order valence-electron chi connectivity index (χ2n) is 3.93. The quantitative estimate of drug-likeness (QED) is 0.739. The van der Waals surface area contributed by atoms with Crippen molar-refractivity contribution in [2.75, 3.05) is 13.2 Å². The maximum atomic E-state index is 12.5. The van der Waals surface area contributed by atoms with Crippen molar-refractivity contribution in [3.63, 3.8) is 0 Å². The molecule has 15 heavy (non-hydrogen) atoms. The average molecular weight is 234 g/mol. The van der Waals surface area contributed by atoms with Crippen LogP contribution in [0.3, 0.4) is 0 Å². The predicted octanol–water partition coefficient (Wildman–Crippen LogP) is 1.99. The third-order valence-corrected chi connectivity index (χ3v) is 4.96. The van der Waals surface area contributed by atoms with Gasteiger partial charge in [0.05, 0.1) is 18.8 Å². The number of hydrogen-bond acceptors (Lipinski definition) is 5. The van der Waals surface area contributed by atoms with Gasteiger partial charge in [-0.15, -0.1) is 0 Å². The first-order valence-corrected chi connectivity index (χ1v) is 6.76. The molecule has 0 saturated carbocycles. The zero-order chi connectivity index (χ0) is 11.5. The van der Waals surface area contributed by atoms with Crippen LogP contribution in [0.5, 0.6) is 0 Å². The molecule has 0 spiro atoms. The van der Waals surface area contributed by atoms with Crippen molar-refractivity contribution in [1.29, 1.82) is 0 Å². The minimum absolute atomic E-state index is 0.329. The zero-order valence-corrected chi connectivity index (χ0v) is 10.6. The maximum Gasteiger partial charge on any atom is 0.341 e. The molecular formula is C9H19N2O3P. The van der Waals surface area contributed by atoms with E-state index in [9.17, 15) is 4.57 Å². The van der Waals surface area contributed by atoms with Crippen LogP contribution in [-0.2, 0) is 13.6 Å². The van der Waals surface area contributed by atoms with E-state index >= 15 is 0 Å². The largest absolute Gasteiger partial charge is 0.341 e. The van der Waals surface area contributed by atoms with E-state index in [2.05, 4.69) is 10.5 Å². The fourth-order valence-electron chi connectivity index (χ4n) is 1.56. The monoisotopic (exact) mass is 234 g/mol. The third-order valence-electron chi connectivity index (χ3n) is 2.27. The summed E-state index contributed by atoms with van der Waals surface area (Å²) in [5.41, 5.74) is 2.19. The highest BCUT2D eigenvalue weighted by atomic mass is 31.2. The molecular weight excluding hydrogens is 215 g/mol. The van der Waals surface area contributed by atoms with Gasteiger partial charge in [0.15, 0.2) is 0 Å². The van der Waals surface area contributed by atoms with Gasteiger partial charge in [0.25, 0.3) is 0 Å². The first-order chi connectivity index (χ1) is 6.96. The van der Waals surface area contributed by atoms with Crippen LogP contribution < -0.4 is 5.43 Å². The van der Waals surface area contributed by atoms with E-state index in [1.165, 1.54) is 0 Å². The summed E-state index contributed by atoms with van der Waals surface area (Å²) < 4.78 is 23.0. The topological polar surface area (TPSA) is 59.9 Å². The summed E-state index contributed by atoms with van der Waals surface area (Å²) >= 11 is 0. The molecule has 0 fully saturated rings. The summed E-state index contributed by atoms with van der Waals surface area (Å²) in [6.45, 7) is 8.20. The summed E-state index contributed by atoms with van der Waals surface area (Å²) in [5.74, 6) is 0. The van der Waals surface area contributed by atoms with E-state index in [0.717, 1.165) is 0 Å². The standard InChI is InChI=1S/C9H19N2O3P/c1-5-13-15(12,14-6-2)8-7-10-11-9(8,3)4/h7-8,11H,5-6H2,1-4H3. The number of rotatable bonds is 5. The Bertz CT molecular complexity index is 281. The summed E-state index contributed by atoms with van der Waals surface area (Å²) in [4.78, 5) is 0. The summed E-state index contributed by atoms with van der Waals surface area (Å²) in [5, 5.41) is 3.94. The second kappa shape index (κ2) is 4.64. The van der Waals surface area contributed by atoms with Crippen LogP contribution >= 0.6 is 7.60 Å². The minimum atomic E-state index is -3.10. The molecule has 0 aliphatic carbocycles. The SMILES string of the molecule is CCOP(=O)(OCC)C1C=NNC1(C)C. The van der Waals surface area contributed by atoms with Gasteiger partial charge in [0.1, 0.15) is 5.66 Å². The highest BCUT2D eigenvalue weighted by Gasteiger charge is 2.47. The van der Waals surface area contributed by atoms with Gasteiger partial charge in [-0.1, -0.05) is 0 Å². The number of nitrogens with zero attached hydrogens (tertiary/aromatic N) is 1. The Kier molecular flexibility index (Phi) is 3.93. The lowest BCUT2D eigenvalue weighted by molar-refractivity contribution is 0.209. The van der Waals surface area contributed by atoms with E-state index < -0.39 is 7.60 Å². The van der Waals surface area contributed by atoms with Crippen molar-refractivity contribution >= 4 is 13.8 Å². The average Bonchev–Trinajstić information content (AvgIpc) is 2.46. The van der Waals surface area contributed by atoms with Gasteiger partial charge in [-0.3, -0.25) is 4.57 Å². The predicted molar refractivity (Wildman–Crippen MR) is 60.4 cm³/mol.